The van der Waals surface area contributed by atoms with E-state index in [9.17, 15) is 12.8 Å². The smallest absolute Gasteiger partial charge is 0.238 e. The van der Waals surface area contributed by atoms with Crippen LogP contribution in [0.2, 0.25) is 0 Å². The van der Waals surface area contributed by atoms with Gasteiger partial charge in [-0.2, -0.15) is 5.10 Å². The number of hydrogen-bond donors (Lipinski definition) is 2. The summed E-state index contributed by atoms with van der Waals surface area (Å²) in [5, 5.41) is 9.07. The zero-order valence-electron chi connectivity index (χ0n) is 11.2. The average Bonchev–Trinajstić information content (AvgIpc) is 2.45. The lowest BCUT2D eigenvalue weighted by molar-refractivity contribution is 0.598. The van der Waals surface area contributed by atoms with E-state index >= 15 is 0 Å². The fourth-order valence-corrected chi connectivity index (χ4v) is 2.20. The SMILES string of the molecule is C/C(=N\Nc1ccc(S(N)(=O)=O)cc1)c1ccccc1F. The van der Waals surface area contributed by atoms with Crippen LogP contribution in [-0.4, -0.2) is 14.1 Å². The van der Waals surface area contributed by atoms with Gasteiger partial charge in [-0.1, -0.05) is 18.2 Å². The minimum Gasteiger partial charge on any atom is -0.278 e. The highest BCUT2D eigenvalue weighted by atomic mass is 32.2. The Morgan fingerprint density at radius 1 is 1.14 bits per heavy atom. The molecule has 21 heavy (non-hydrogen) atoms. The molecule has 0 aliphatic carbocycles. The molecule has 0 spiro atoms. The molecule has 2 aromatic rings. The van der Waals surface area contributed by atoms with Crippen molar-refractivity contribution in [2.24, 2.45) is 10.2 Å². The van der Waals surface area contributed by atoms with Gasteiger partial charge in [0.25, 0.3) is 0 Å². The second-order valence-corrected chi connectivity index (χ2v) is 5.92. The molecule has 5 nitrogen and oxygen atoms in total. The Morgan fingerprint density at radius 2 is 1.76 bits per heavy atom. The van der Waals surface area contributed by atoms with Crippen molar-refractivity contribution in [3.8, 4) is 0 Å². The molecule has 0 atom stereocenters. The summed E-state index contributed by atoms with van der Waals surface area (Å²) in [5.74, 6) is -0.356. The van der Waals surface area contributed by atoms with Crippen molar-refractivity contribution in [3.63, 3.8) is 0 Å². The molecule has 110 valence electrons. The van der Waals surface area contributed by atoms with Gasteiger partial charge in [0.05, 0.1) is 16.3 Å². The number of hydrazone groups is 1. The van der Waals surface area contributed by atoms with E-state index in [1.165, 1.54) is 30.3 Å². The molecule has 0 bridgehead atoms. The molecule has 0 saturated heterocycles. The molecule has 2 aromatic carbocycles. The van der Waals surface area contributed by atoms with Crippen LogP contribution in [0.25, 0.3) is 0 Å². The Balaban J connectivity index is 2.16. The zero-order chi connectivity index (χ0) is 15.5. The maximum absolute atomic E-state index is 13.6. The van der Waals surface area contributed by atoms with Gasteiger partial charge in [-0.3, -0.25) is 5.43 Å². The summed E-state index contributed by atoms with van der Waals surface area (Å²) < 4.78 is 35.8. The predicted octanol–water partition coefficient (Wildman–Crippen LogP) is 2.31. The summed E-state index contributed by atoms with van der Waals surface area (Å²) in [5.41, 5.74) is 4.17. The van der Waals surface area contributed by atoms with E-state index in [0.717, 1.165) is 0 Å². The van der Waals surface area contributed by atoms with E-state index in [0.29, 0.717) is 17.0 Å². The summed E-state index contributed by atoms with van der Waals surface area (Å²) in [6.07, 6.45) is 0. The number of nitrogens with two attached hydrogens (primary N) is 1. The third-order valence-electron chi connectivity index (χ3n) is 2.80. The first kappa shape index (κ1) is 15.1. The second-order valence-electron chi connectivity index (χ2n) is 4.36. The molecule has 0 fully saturated rings. The predicted molar refractivity (Wildman–Crippen MR) is 80.0 cm³/mol. The van der Waals surface area contributed by atoms with Crippen LogP contribution < -0.4 is 10.6 Å². The number of halogens is 1. The summed E-state index contributed by atoms with van der Waals surface area (Å²) in [4.78, 5) is 0.0165. The van der Waals surface area contributed by atoms with Gasteiger partial charge in [-0.05, 0) is 37.3 Å². The van der Waals surface area contributed by atoms with E-state index in [4.69, 9.17) is 5.14 Å². The summed E-state index contributed by atoms with van der Waals surface area (Å²) in [7, 11) is -3.71. The quantitative estimate of drug-likeness (QED) is 0.671. The Kier molecular flexibility index (Phi) is 4.35. The fraction of sp³-hybridized carbons (Fsp3) is 0.0714. The molecule has 7 heteroatoms. The van der Waals surface area contributed by atoms with E-state index < -0.39 is 10.0 Å². The van der Waals surface area contributed by atoms with Crippen molar-refractivity contribution in [2.45, 2.75) is 11.8 Å². The van der Waals surface area contributed by atoms with E-state index in [1.807, 2.05) is 0 Å². The monoisotopic (exact) mass is 307 g/mol. The first-order valence-corrected chi connectivity index (χ1v) is 7.60. The third-order valence-corrected chi connectivity index (χ3v) is 3.73. The van der Waals surface area contributed by atoms with Gasteiger partial charge in [-0.15, -0.1) is 0 Å². The van der Waals surface area contributed by atoms with Gasteiger partial charge < -0.3 is 0 Å². The first-order chi connectivity index (χ1) is 9.88. The lowest BCUT2D eigenvalue weighted by Gasteiger charge is -2.05. The highest BCUT2D eigenvalue weighted by Gasteiger charge is 2.07. The number of rotatable bonds is 4. The highest BCUT2D eigenvalue weighted by Crippen LogP contribution is 2.13. The van der Waals surface area contributed by atoms with Crippen LogP contribution in [0.1, 0.15) is 12.5 Å². The van der Waals surface area contributed by atoms with Crippen LogP contribution >= 0.6 is 0 Å². The lowest BCUT2D eigenvalue weighted by atomic mass is 10.1. The van der Waals surface area contributed by atoms with Crippen LogP contribution in [0.4, 0.5) is 10.1 Å². The Hall–Kier alpha value is -2.25. The minimum absolute atomic E-state index is 0.0165. The number of sulfonamides is 1. The van der Waals surface area contributed by atoms with E-state index in [-0.39, 0.29) is 10.7 Å². The van der Waals surface area contributed by atoms with Crippen LogP contribution in [0, 0.1) is 5.82 Å². The Morgan fingerprint density at radius 3 is 2.33 bits per heavy atom. The van der Waals surface area contributed by atoms with Crippen LogP contribution in [0.15, 0.2) is 58.5 Å². The third kappa shape index (κ3) is 3.87. The van der Waals surface area contributed by atoms with Gasteiger partial charge in [0, 0.05) is 5.56 Å². The molecular weight excluding hydrogens is 293 g/mol. The Labute approximate surface area is 122 Å². The fourth-order valence-electron chi connectivity index (χ4n) is 1.68. The van der Waals surface area contributed by atoms with Crippen molar-refractivity contribution in [3.05, 3.63) is 59.9 Å². The maximum Gasteiger partial charge on any atom is 0.238 e. The molecule has 0 radical (unpaired) electrons. The standard InChI is InChI=1S/C14H14FN3O2S/c1-10(13-4-2-3-5-14(13)15)17-18-11-6-8-12(9-7-11)21(16,19)20/h2-9,18H,1H3,(H2,16,19,20)/b17-10+. The van der Waals surface area contributed by atoms with Crippen LogP contribution in [0.3, 0.4) is 0 Å². The summed E-state index contributed by atoms with van der Waals surface area (Å²) in [6, 6.07) is 12.1. The van der Waals surface area contributed by atoms with Gasteiger partial charge >= 0.3 is 0 Å². The maximum atomic E-state index is 13.6. The van der Waals surface area contributed by atoms with Crippen molar-refractivity contribution >= 4 is 21.4 Å². The van der Waals surface area contributed by atoms with E-state index in [2.05, 4.69) is 10.5 Å². The molecule has 0 heterocycles. The molecule has 0 saturated carbocycles. The molecular formula is C14H14FN3O2S. The molecule has 0 amide bonds. The second kappa shape index (κ2) is 6.02. The van der Waals surface area contributed by atoms with Crippen molar-refractivity contribution in [2.75, 3.05) is 5.43 Å². The van der Waals surface area contributed by atoms with E-state index in [1.54, 1.807) is 25.1 Å². The van der Waals surface area contributed by atoms with Gasteiger partial charge in [-0.25, -0.2) is 17.9 Å². The Bertz CT molecular complexity index is 771. The number of benzene rings is 2. The van der Waals surface area contributed by atoms with Gasteiger partial charge in [0.1, 0.15) is 5.82 Å². The highest BCUT2D eigenvalue weighted by molar-refractivity contribution is 7.89. The minimum atomic E-state index is -3.71. The van der Waals surface area contributed by atoms with Crippen molar-refractivity contribution in [1.29, 1.82) is 0 Å². The van der Waals surface area contributed by atoms with Crippen LogP contribution in [-0.2, 0) is 10.0 Å². The molecule has 0 aromatic heterocycles. The number of primary sulfonamides is 1. The average molecular weight is 307 g/mol. The number of hydrogen-bond acceptors (Lipinski definition) is 4. The zero-order valence-corrected chi connectivity index (χ0v) is 12.1. The molecule has 3 N–H and O–H groups in total. The summed E-state index contributed by atoms with van der Waals surface area (Å²) >= 11 is 0. The molecule has 0 aliphatic heterocycles. The van der Waals surface area contributed by atoms with Gasteiger partial charge in [0.2, 0.25) is 10.0 Å². The number of nitrogens with one attached hydrogen (secondary N) is 1. The normalized spacial score (nSPS) is 12.2. The van der Waals surface area contributed by atoms with Gasteiger partial charge in [0.15, 0.2) is 0 Å². The van der Waals surface area contributed by atoms with Crippen molar-refractivity contribution < 1.29 is 12.8 Å². The lowest BCUT2D eigenvalue weighted by Crippen LogP contribution is -2.11. The number of anilines is 1. The van der Waals surface area contributed by atoms with Crippen molar-refractivity contribution in [1.82, 2.24) is 0 Å². The summed E-state index contributed by atoms with van der Waals surface area (Å²) in [6.45, 7) is 1.67. The topological polar surface area (TPSA) is 84.5 Å². The molecule has 0 aliphatic rings. The first-order valence-electron chi connectivity index (χ1n) is 6.06. The molecule has 0 unspecified atom stereocenters. The molecule has 2 rings (SSSR count). The van der Waals surface area contributed by atoms with Crippen LogP contribution in [0.5, 0.6) is 0 Å². The largest absolute Gasteiger partial charge is 0.278 e. The number of nitrogens with zero attached hydrogens (tertiary/aromatic N) is 1.